The molecule has 2 aromatic carbocycles. The van der Waals surface area contributed by atoms with Crippen molar-refractivity contribution in [3.8, 4) is 22.9 Å². The van der Waals surface area contributed by atoms with E-state index in [0.29, 0.717) is 38.0 Å². The van der Waals surface area contributed by atoms with Gasteiger partial charge in [-0.3, -0.25) is 20.0 Å². The van der Waals surface area contributed by atoms with Gasteiger partial charge < -0.3 is 39.1 Å². The van der Waals surface area contributed by atoms with Gasteiger partial charge in [0.25, 0.3) is 0 Å². The van der Waals surface area contributed by atoms with Crippen LogP contribution in [0.25, 0.3) is 17.1 Å². The van der Waals surface area contributed by atoms with E-state index in [0.717, 1.165) is 137 Å². The molecular formula is C46H63N7O7. The van der Waals surface area contributed by atoms with Gasteiger partial charge in [-0.2, -0.15) is 0 Å². The Morgan fingerprint density at radius 3 is 1.87 bits per heavy atom. The van der Waals surface area contributed by atoms with Crippen LogP contribution in [0.4, 0.5) is 0 Å². The summed E-state index contributed by atoms with van der Waals surface area (Å²) in [6, 6.07) is 15.3. The maximum Gasteiger partial charge on any atom is 0.224 e. The predicted octanol–water partition coefficient (Wildman–Crippen LogP) is 5.58. The number of carbonyl (C=O) groups is 1. The van der Waals surface area contributed by atoms with Crippen LogP contribution in [0.15, 0.2) is 84.4 Å². The number of aryl methyl sites for hydroxylation is 1. The van der Waals surface area contributed by atoms with Gasteiger partial charge in [0.1, 0.15) is 42.0 Å². The summed E-state index contributed by atoms with van der Waals surface area (Å²) < 4.78 is 33.2. The SMILES string of the molecule is CCOC1=CCC/C(=C\N(C)C)C1=O.CCOC1=CCCc2cnc(-c3ccc(OCCN4CCOCC4)cc3)nc21.N=C(N)c1ccc(OCCN2CCOCC2)cc1. The fourth-order valence-corrected chi connectivity index (χ4v) is 6.78. The second-order valence-corrected chi connectivity index (χ2v) is 14.7. The summed E-state index contributed by atoms with van der Waals surface area (Å²) in [5, 5.41) is 7.30. The first kappa shape index (κ1) is 45.8. The van der Waals surface area contributed by atoms with Crippen molar-refractivity contribution in [2.75, 3.05) is 106 Å². The van der Waals surface area contributed by atoms with E-state index in [-0.39, 0.29) is 11.6 Å². The molecular weight excluding hydrogens is 763 g/mol. The van der Waals surface area contributed by atoms with E-state index in [2.05, 4.69) is 20.9 Å². The summed E-state index contributed by atoms with van der Waals surface area (Å²) in [7, 11) is 3.83. The number of amidine groups is 1. The van der Waals surface area contributed by atoms with E-state index in [1.807, 2.05) is 87.7 Å². The number of benzene rings is 2. The number of aromatic nitrogens is 2. The van der Waals surface area contributed by atoms with Gasteiger partial charge >= 0.3 is 0 Å². The molecule has 3 heterocycles. The first-order chi connectivity index (χ1) is 29.2. The van der Waals surface area contributed by atoms with E-state index in [9.17, 15) is 4.79 Å². The molecule has 2 aliphatic carbocycles. The van der Waals surface area contributed by atoms with Crippen molar-refractivity contribution >= 4 is 17.4 Å². The maximum atomic E-state index is 11.8. The number of ketones is 1. The fourth-order valence-electron chi connectivity index (χ4n) is 6.78. The fraction of sp³-hybridized carbons (Fsp3) is 0.478. The summed E-state index contributed by atoms with van der Waals surface area (Å²) in [4.78, 5) is 27.7. The molecule has 0 spiro atoms. The number of hydrogen-bond acceptors (Lipinski definition) is 13. The lowest BCUT2D eigenvalue weighted by Crippen LogP contribution is -2.38. The molecule has 0 bridgehead atoms. The monoisotopic (exact) mass is 825 g/mol. The highest BCUT2D eigenvalue weighted by Gasteiger charge is 2.21. The summed E-state index contributed by atoms with van der Waals surface area (Å²) in [5.41, 5.74) is 9.99. The van der Waals surface area contributed by atoms with Crippen LogP contribution in [0, 0.1) is 5.41 Å². The van der Waals surface area contributed by atoms with Crippen LogP contribution in [0.5, 0.6) is 11.5 Å². The van der Waals surface area contributed by atoms with Crippen LogP contribution in [0.3, 0.4) is 0 Å². The Morgan fingerprint density at radius 2 is 1.32 bits per heavy atom. The van der Waals surface area contributed by atoms with Gasteiger partial charge in [0.05, 0.1) is 39.6 Å². The zero-order valence-corrected chi connectivity index (χ0v) is 35.8. The highest BCUT2D eigenvalue weighted by Crippen LogP contribution is 2.28. The molecule has 2 aliphatic heterocycles. The van der Waals surface area contributed by atoms with E-state index >= 15 is 0 Å². The van der Waals surface area contributed by atoms with Crippen molar-refractivity contribution in [1.82, 2.24) is 24.7 Å². The Bertz CT molecular complexity index is 1890. The van der Waals surface area contributed by atoms with E-state index in [1.165, 1.54) is 0 Å². The summed E-state index contributed by atoms with van der Waals surface area (Å²) in [6.07, 6.45) is 11.4. The quantitative estimate of drug-likeness (QED) is 0.111. The third kappa shape index (κ3) is 14.8. The number of morpholine rings is 2. The smallest absolute Gasteiger partial charge is 0.224 e. The molecule has 14 nitrogen and oxygen atoms in total. The zero-order valence-electron chi connectivity index (χ0n) is 35.8. The lowest BCUT2D eigenvalue weighted by atomic mass is 9.99. The van der Waals surface area contributed by atoms with Crippen molar-refractivity contribution in [3.05, 3.63) is 101 Å². The molecule has 60 heavy (non-hydrogen) atoms. The minimum atomic E-state index is 0.0341. The molecule has 0 atom stereocenters. The van der Waals surface area contributed by atoms with Crippen LogP contribution in [0.1, 0.15) is 49.9 Å². The summed E-state index contributed by atoms with van der Waals surface area (Å²) in [6.45, 7) is 15.4. The van der Waals surface area contributed by atoms with Crippen molar-refractivity contribution < 1.29 is 33.2 Å². The van der Waals surface area contributed by atoms with Crippen LogP contribution in [-0.4, -0.2) is 143 Å². The molecule has 3 aromatic rings. The molecule has 3 N–H and O–H groups in total. The van der Waals surface area contributed by atoms with E-state index in [4.69, 9.17) is 44.5 Å². The van der Waals surface area contributed by atoms with Crippen LogP contribution in [-0.2, 0) is 30.2 Å². The molecule has 0 amide bonds. The number of nitrogens with two attached hydrogens (primary N) is 1. The topological polar surface area (TPSA) is 158 Å². The molecule has 2 fully saturated rings. The number of nitrogens with zero attached hydrogens (tertiary/aromatic N) is 5. The number of allylic oxidation sites excluding steroid dienone is 3. The number of hydrogen-bond donors (Lipinski definition) is 2. The van der Waals surface area contributed by atoms with Crippen molar-refractivity contribution in [1.29, 1.82) is 5.41 Å². The highest BCUT2D eigenvalue weighted by molar-refractivity contribution is 6.07. The molecule has 0 unspecified atom stereocenters. The number of carbonyl (C=O) groups excluding carboxylic acids is 1. The van der Waals surface area contributed by atoms with Crippen LogP contribution >= 0.6 is 0 Å². The van der Waals surface area contributed by atoms with Gasteiger partial charge in [-0.15, -0.1) is 0 Å². The number of ether oxygens (including phenoxy) is 6. The Balaban J connectivity index is 0.000000184. The first-order valence-corrected chi connectivity index (χ1v) is 21.1. The summed E-state index contributed by atoms with van der Waals surface area (Å²) >= 11 is 0. The normalized spacial score (nSPS) is 17.4. The molecule has 0 saturated carbocycles. The Labute approximate surface area is 355 Å². The minimum absolute atomic E-state index is 0.0341. The van der Waals surface area contributed by atoms with Crippen LogP contribution in [0.2, 0.25) is 0 Å². The van der Waals surface area contributed by atoms with Gasteiger partial charge in [-0.1, -0.05) is 0 Å². The molecule has 4 aliphatic rings. The average molecular weight is 826 g/mol. The van der Waals surface area contributed by atoms with E-state index < -0.39 is 0 Å². The third-order valence-electron chi connectivity index (χ3n) is 9.95. The molecule has 0 radical (unpaired) electrons. The average Bonchev–Trinajstić information content (AvgIpc) is 3.27. The van der Waals surface area contributed by atoms with Gasteiger partial charge in [-0.05, 0) is 100 Å². The standard InChI is InChI=1S/C22H27N3O3.C13H19N3O2.C11H17NO2/c1-2-27-20-5-3-4-18-16-23-22(24-21(18)20)17-6-8-19(9-7-17)28-15-12-25-10-13-26-14-11-25;14-13(15)11-1-3-12(4-2-11)18-10-7-16-5-8-17-9-6-16;1-4-14-10-7-5-6-9(11(10)13)8-12(2)3/h5-9,16H,2-4,10-15H2,1H3;1-4H,5-10H2,(H3,14,15);7-8H,4-6H2,1-3H3/b;;9-8+. The Hall–Kier alpha value is -5.28. The summed E-state index contributed by atoms with van der Waals surface area (Å²) in [5.74, 6) is 3.88. The largest absolute Gasteiger partial charge is 0.492 e. The maximum absolute atomic E-state index is 11.8. The predicted molar refractivity (Wildman–Crippen MR) is 234 cm³/mol. The lowest BCUT2D eigenvalue weighted by Gasteiger charge is -2.26. The van der Waals surface area contributed by atoms with Gasteiger partial charge in [0.15, 0.2) is 11.6 Å². The number of nitrogen functional groups attached to an aromatic ring is 1. The second kappa shape index (κ2) is 24.7. The zero-order chi connectivity index (χ0) is 42.5. The lowest BCUT2D eigenvalue weighted by molar-refractivity contribution is -0.115. The number of Topliss-reactive ketones (excluding diaryl/α,β-unsaturated/α-hetero) is 1. The van der Waals surface area contributed by atoms with E-state index in [1.54, 1.807) is 12.1 Å². The molecule has 14 heteroatoms. The number of rotatable bonds is 15. The molecule has 1 aromatic heterocycles. The Morgan fingerprint density at radius 1 is 0.783 bits per heavy atom. The number of fused-ring (bicyclic) bond motifs is 1. The number of nitrogens with one attached hydrogen (secondary N) is 1. The van der Waals surface area contributed by atoms with Gasteiger partial charge in [-0.25, -0.2) is 9.97 Å². The van der Waals surface area contributed by atoms with Crippen molar-refractivity contribution in [2.45, 2.75) is 39.5 Å². The second-order valence-electron chi connectivity index (χ2n) is 14.7. The van der Waals surface area contributed by atoms with Crippen LogP contribution < -0.4 is 15.2 Å². The molecule has 324 valence electrons. The van der Waals surface area contributed by atoms with Gasteiger partial charge in [0.2, 0.25) is 5.78 Å². The van der Waals surface area contributed by atoms with Gasteiger partial charge in [0, 0.05) is 88.0 Å². The van der Waals surface area contributed by atoms with Crippen molar-refractivity contribution in [2.24, 2.45) is 5.73 Å². The Kier molecular flexibility index (Phi) is 18.9. The molecule has 2 saturated heterocycles. The third-order valence-corrected chi connectivity index (χ3v) is 9.95. The minimum Gasteiger partial charge on any atom is -0.492 e. The first-order valence-electron chi connectivity index (χ1n) is 21.1. The molecule has 7 rings (SSSR count). The van der Waals surface area contributed by atoms with Crippen molar-refractivity contribution in [3.63, 3.8) is 0 Å². The highest BCUT2D eigenvalue weighted by atomic mass is 16.5.